The van der Waals surface area contributed by atoms with Crippen LogP contribution in [0.3, 0.4) is 0 Å². The van der Waals surface area contributed by atoms with Gasteiger partial charge < -0.3 is 26.6 Å². The van der Waals surface area contributed by atoms with Crippen molar-refractivity contribution in [1.29, 1.82) is 0 Å². The van der Waals surface area contributed by atoms with Gasteiger partial charge in [0.05, 0.1) is 17.9 Å². The molecule has 7 heteroatoms. The largest absolute Gasteiger partial charge is 1.00 e. The van der Waals surface area contributed by atoms with Crippen molar-refractivity contribution in [2.75, 3.05) is 6.61 Å². The zero-order valence-electron chi connectivity index (χ0n) is 12.8. The van der Waals surface area contributed by atoms with Crippen molar-refractivity contribution in [3.05, 3.63) is 42.2 Å². The van der Waals surface area contributed by atoms with E-state index in [2.05, 4.69) is 9.99 Å². The number of nitrogens with zero attached hydrogens (tertiary/aromatic N) is 2. The monoisotopic (exact) mass is 370 g/mol. The number of pyridine rings is 1. The van der Waals surface area contributed by atoms with E-state index in [4.69, 9.17) is 4.74 Å². The molecule has 0 aliphatic rings. The molecular formula is C15H19BrN2O4. The Morgan fingerprint density at radius 3 is 2.73 bits per heavy atom. The molecule has 0 N–H and O–H groups in total. The van der Waals surface area contributed by atoms with Crippen LogP contribution in [-0.4, -0.2) is 24.3 Å². The topological polar surface area (TPSA) is 68.8 Å². The molecule has 6 nitrogen and oxygen atoms in total. The summed E-state index contributed by atoms with van der Waals surface area (Å²) in [5, 5.41) is 3.73. The molecule has 0 fully saturated rings. The van der Waals surface area contributed by atoms with Gasteiger partial charge in [-0.05, 0) is 26.0 Å². The summed E-state index contributed by atoms with van der Waals surface area (Å²) in [6.07, 6.45) is 6.80. The van der Waals surface area contributed by atoms with Gasteiger partial charge in [-0.3, -0.25) is 0 Å². The lowest BCUT2D eigenvalue weighted by Crippen LogP contribution is -3.00. The summed E-state index contributed by atoms with van der Waals surface area (Å²) in [5.41, 5.74) is 1.41. The predicted molar refractivity (Wildman–Crippen MR) is 76.4 cm³/mol. The van der Waals surface area contributed by atoms with Crippen LogP contribution < -0.4 is 21.5 Å². The first kappa shape index (κ1) is 20.0. The molecular weight excluding hydrogens is 352 g/mol. The van der Waals surface area contributed by atoms with Crippen LogP contribution >= 0.6 is 0 Å². The van der Waals surface area contributed by atoms with E-state index < -0.39 is 5.97 Å². The molecule has 1 aromatic rings. The highest BCUT2D eigenvalue weighted by atomic mass is 79.9. The highest BCUT2D eigenvalue weighted by Crippen LogP contribution is 1.98. The van der Waals surface area contributed by atoms with Crippen LogP contribution in [0.2, 0.25) is 0 Å². The molecule has 120 valence electrons. The normalized spacial score (nSPS) is 11.0. The van der Waals surface area contributed by atoms with Gasteiger partial charge in [0.2, 0.25) is 0 Å². The van der Waals surface area contributed by atoms with Crippen LogP contribution in [0.1, 0.15) is 26.3 Å². The third kappa shape index (κ3) is 7.68. The van der Waals surface area contributed by atoms with Crippen molar-refractivity contribution < 1.29 is 40.7 Å². The van der Waals surface area contributed by atoms with Gasteiger partial charge in [0, 0.05) is 19.1 Å². The first-order valence-corrected chi connectivity index (χ1v) is 6.58. The van der Waals surface area contributed by atoms with E-state index in [0.717, 1.165) is 5.56 Å². The van der Waals surface area contributed by atoms with Crippen LogP contribution in [0, 0.1) is 0 Å². The zero-order valence-corrected chi connectivity index (χ0v) is 14.4. The molecule has 0 bridgehead atoms. The molecule has 1 heterocycles. The van der Waals surface area contributed by atoms with Crippen molar-refractivity contribution in [2.45, 2.75) is 27.3 Å². The molecule has 0 saturated carbocycles. The number of hydrogen-bond donors (Lipinski definition) is 0. The van der Waals surface area contributed by atoms with E-state index in [1.54, 1.807) is 19.9 Å². The molecule has 0 aliphatic heterocycles. The zero-order chi connectivity index (χ0) is 15.7. The fourth-order valence-corrected chi connectivity index (χ4v) is 1.50. The smallest absolute Gasteiger partial charge is 0.331 e. The lowest BCUT2D eigenvalue weighted by Gasteiger charge is -1.99. The Hall–Kier alpha value is -2.02. The fraction of sp³-hybridized carbons (Fsp3) is 0.333. The van der Waals surface area contributed by atoms with E-state index in [1.807, 2.05) is 29.1 Å². The number of carbonyl (C=O) groups is 2. The van der Waals surface area contributed by atoms with E-state index in [0.29, 0.717) is 18.9 Å². The van der Waals surface area contributed by atoms with Gasteiger partial charge in [-0.25, -0.2) is 14.2 Å². The lowest BCUT2D eigenvalue weighted by molar-refractivity contribution is -0.687. The summed E-state index contributed by atoms with van der Waals surface area (Å²) < 4.78 is 6.67. The van der Waals surface area contributed by atoms with Crippen molar-refractivity contribution in [3.8, 4) is 0 Å². The number of ether oxygens (including phenoxy) is 1. The number of hydrogen-bond acceptors (Lipinski definition) is 5. The van der Waals surface area contributed by atoms with Crippen LogP contribution in [0.5, 0.6) is 0 Å². The fourth-order valence-electron chi connectivity index (χ4n) is 1.50. The minimum atomic E-state index is -0.462. The second-order valence-electron chi connectivity index (χ2n) is 4.20. The number of allylic oxidation sites excluding steroid dienone is 1. The third-order valence-corrected chi connectivity index (χ3v) is 2.44. The van der Waals surface area contributed by atoms with Crippen LogP contribution in [0.15, 0.2) is 41.8 Å². The summed E-state index contributed by atoms with van der Waals surface area (Å²) >= 11 is 0. The van der Waals surface area contributed by atoms with E-state index in [1.165, 1.54) is 13.0 Å². The summed E-state index contributed by atoms with van der Waals surface area (Å²) in [7, 11) is 0. The van der Waals surface area contributed by atoms with Crippen molar-refractivity contribution in [1.82, 2.24) is 0 Å². The Kier molecular flexibility index (Phi) is 9.69. The molecule has 1 aromatic heterocycles. The molecule has 0 saturated heterocycles. The van der Waals surface area contributed by atoms with Crippen LogP contribution in [0.25, 0.3) is 0 Å². The van der Waals surface area contributed by atoms with Gasteiger partial charge in [-0.1, -0.05) is 5.16 Å². The average molecular weight is 371 g/mol. The third-order valence-electron chi connectivity index (χ3n) is 2.44. The number of carbonyl (C=O) groups excluding carboxylic acids is 2. The Labute approximate surface area is 140 Å². The maximum absolute atomic E-state index is 11.2. The Morgan fingerprint density at radius 1 is 1.36 bits per heavy atom. The Bertz CT molecular complexity index is 570. The highest BCUT2D eigenvalue weighted by molar-refractivity contribution is 5.98. The number of halogens is 1. The average Bonchev–Trinajstić information content (AvgIpc) is 2.45. The summed E-state index contributed by atoms with van der Waals surface area (Å²) in [6, 6.07) is 3.70. The van der Waals surface area contributed by atoms with E-state index in [-0.39, 0.29) is 23.0 Å². The second-order valence-corrected chi connectivity index (χ2v) is 4.20. The maximum atomic E-state index is 11.2. The van der Waals surface area contributed by atoms with E-state index in [9.17, 15) is 9.59 Å². The summed E-state index contributed by atoms with van der Waals surface area (Å²) in [4.78, 5) is 26.5. The predicted octanol–water partition coefficient (Wildman–Crippen LogP) is -1.62. The molecule has 0 unspecified atom stereocenters. The summed E-state index contributed by atoms with van der Waals surface area (Å²) in [5.74, 6) is -0.822. The minimum Gasteiger partial charge on any atom is -1.00 e. The molecule has 0 amide bonds. The van der Waals surface area contributed by atoms with Gasteiger partial charge >= 0.3 is 11.9 Å². The van der Waals surface area contributed by atoms with Gasteiger partial charge in [0.15, 0.2) is 18.9 Å². The molecule has 0 aliphatic carbocycles. The second kappa shape index (κ2) is 10.7. The molecule has 0 radical (unpaired) electrons. The van der Waals surface area contributed by atoms with Crippen molar-refractivity contribution in [3.63, 3.8) is 0 Å². The summed E-state index contributed by atoms with van der Waals surface area (Å²) in [6.45, 7) is 5.68. The van der Waals surface area contributed by atoms with Gasteiger partial charge in [-0.15, -0.1) is 0 Å². The van der Waals surface area contributed by atoms with Crippen molar-refractivity contribution >= 4 is 17.7 Å². The number of oxime groups is 1. The minimum absolute atomic E-state index is 0. The number of aromatic nitrogens is 1. The first-order chi connectivity index (χ1) is 10.0. The molecule has 0 spiro atoms. The molecule has 0 aromatic carbocycles. The number of rotatable bonds is 6. The quantitative estimate of drug-likeness (QED) is 0.151. The molecule has 22 heavy (non-hydrogen) atoms. The van der Waals surface area contributed by atoms with Gasteiger partial charge in [-0.2, -0.15) is 0 Å². The maximum Gasteiger partial charge on any atom is 0.331 e. The highest BCUT2D eigenvalue weighted by Gasteiger charge is 2.05. The molecule has 0 atom stereocenters. The Morgan fingerprint density at radius 2 is 2.09 bits per heavy atom. The van der Waals surface area contributed by atoms with Crippen molar-refractivity contribution in [2.24, 2.45) is 5.16 Å². The van der Waals surface area contributed by atoms with E-state index >= 15 is 0 Å². The van der Waals surface area contributed by atoms with Gasteiger partial charge in [0.25, 0.3) is 0 Å². The van der Waals surface area contributed by atoms with Crippen LogP contribution in [0.4, 0.5) is 0 Å². The lowest BCUT2D eigenvalue weighted by atomic mass is 10.2. The van der Waals surface area contributed by atoms with Gasteiger partial charge in [0.1, 0.15) is 0 Å². The first-order valence-electron chi connectivity index (χ1n) is 6.58. The Balaban J connectivity index is 0.00000441. The standard InChI is InChI=1S/C15H19N2O4.BrH/c1-4-20-15(19)8-6-10-17-9-5-7-14(11-17)12(2)16-21-13(3)18;/h5-9,11H,4,10H2,1-3H3;1H/q+1;/p-1/b8-6+,16-12+;. The SMILES string of the molecule is CCOC(=O)/C=C/C[n+]1cccc(/C(C)=N/OC(C)=O)c1.[Br-]. The number of esters is 1. The van der Waals surface area contributed by atoms with Crippen LogP contribution in [-0.2, 0) is 25.7 Å². The molecule has 1 rings (SSSR count).